The molecule has 0 spiro atoms. The quantitative estimate of drug-likeness (QED) is 0.733. The molecule has 2 rings (SSSR count). The number of ether oxygens (including phenoxy) is 2. The molecule has 1 aromatic rings. The molecule has 1 heterocycles. The highest BCUT2D eigenvalue weighted by Gasteiger charge is 2.10. The van der Waals surface area contributed by atoms with Crippen LogP contribution in [0, 0.1) is 5.92 Å². The van der Waals surface area contributed by atoms with Gasteiger partial charge in [0.15, 0.2) is 0 Å². The van der Waals surface area contributed by atoms with Crippen LogP contribution >= 0.6 is 0 Å². The lowest BCUT2D eigenvalue weighted by Crippen LogP contribution is -2.36. The van der Waals surface area contributed by atoms with Gasteiger partial charge in [-0.15, -0.1) is 0 Å². The van der Waals surface area contributed by atoms with Gasteiger partial charge in [0.2, 0.25) is 0 Å². The molecule has 0 saturated carbocycles. The molecule has 1 saturated heterocycles. The molecule has 1 aromatic carbocycles. The molecule has 1 aliphatic heterocycles. The minimum absolute atomic E-state index is 0.693. The molecule has 0 bridgehead atoms. The first-order valence-corrected chi connectivity index (χ1v) is 8.26. The molecule has 0 unspecified atom stereocenters. The summed E-state index contributed by atoms with van der Waals surface area (Å²) < 4.78 is 11.3. The molecule has 0 aromatic heterocycles. The SMILES string of the molecule is CC(C)CCOc1ccccc1CCCN1CCOCC1. The second kappa shape index (κ2) is 9.06. The van der Waals surface area contributed by atoms with Crippen molar-refractivity contribution in [3.05, 3.63) is 29.8 Å². The Kier molecular flexibility index (Phi) is 7.04. The normalized spacial score (nSPS) is 16.3. The Balaban J connectivity index is 1.76. The van der Waals surface area contributed by atoms with E-state index in [9.17, 15) is 0 Å². The van der Waals surface area contributed by atoms with Gasteiger partial charge < -0.3 is 9.47 Å². The Hall–Kier alpha value is -1.06. The van der Waals surface area contributed by atoms with Crippen molar-refractivity contribution in [2.75, 3.05) is 39.5 Å². The summed E-state index contributed by atoms with van der Waals surface area (Å²) in [6.45, 7) is 10.4. The Labute approximate surface area is 129 Å². The van der Waals surface area contributed by atoms with Crippen LogP contribution in [0.1, 0.15) is 32.3 Å². The summed E-state index contributed by atoms with van der Waals surface area (Å²) in [5, 5.41) is 0. The molecule has 0 amide bonds. The Morgan fingerprint density at radius 2 is 1.95 bits per heavy atom. The summed E-state index contributed by atoms with van der Waals surface area (Å²) in [6, 6.07) is 8.48. The van der Waals surface area contributed by atoms with E-state index in [1.165, 1.54) is 12.0 Å². The van der Waals surface area contributed by atoms with E-state index in [0.717, 1.165) is 58.0 Å². The maximum atomic E-state index is 5.96. The van der Waals surface area contributed by atoms with E-state index in [0.29, 0.717) is 5.92 Å². The molecule has 118 valence electrons. The molecule has 1 fully saturated rings. The molecular weight excluding hydrogens is 262 g/mol. The predicted molar refractivity (Wildman–Crippen MR) is 87.0 cm³/mol. The monoisotopic (exact) mass is 291 g/mol. The van der Waals surface area contributed by atoms with Crippen LogP contribution in [0.4, 0.5) is 0 Å². The molecular formula is C18H29NO2. The van der Waals surface area contributed by atoms with Gasteiger partial charge in [-0.25, -0.2) is 0 Å². The Morgan fingerprint density at radius 3 is 2.71 bits per heavy atom. The lowest BCUT2D eigenvalue weighted by atomic mass is 10.1. The molecule has 3 heteroatoms. The number of aryl methyl sites for hydroxylation is 1. The first-order chi connectivity index (χ1) is 10.3. The summed E-state index contributed by atoms with van der Waals surface area (Å²) in [5.41, 5.74) is 1.34. The smallest absolute Gasteiger partial charge is 0.122 e. The second-order valence-corrected chi connectivity index (χ2v) is 6.20. The van der Waals surface area contributed by atoms with Crippen molar-refractivity contribution < 1.29 is 9.47 Å². The van der Waals surface area contributed by atoms with Crippen molar-refractivity contribution in [2.24, 2.45) is 5.92 Å². The summed E-state index contributed by atoms with van der Waals surface area (Å²) in [6.07, 6.45) is 3.39. The highest BCUT2D eigenvalue weighted by atomic mass is 16.5. The van der Waals surface area contributed by atoms with E-state index >= 15 is 0 Å². The first kappa shape index (κ1) is 16.3. The standard InChI is InChI=1S/C18H29NO2/c1-16(2)9-13-21-18-8-4-3-6-17(18)7-5-10-19-11-14-20-15-12-19/h3-4,6,8,16H,5,7,9-15H2,1-2H3. The van der Waals surface area contributed by atoms with Crippen LogP contribution in [0.15, 0.2) is 24.3 Å². The highest BCUT2D eigenvalue weighted by Crippen LogP contribution is 2.20. The van der Waals surface area contributed by atoms with Gasteiger partial charge in [-0.2, -0.15) is 0 Å². The zero-order valence-electron chi connectivity index (χ0n) is 13.5. The number of benzene rings is 1. The van der Waals surface area contributed by atoms with Gasteiger partial charge in [-0.1, -0.05) is 32.0 Å². The van der Waals surface area contributed by atoms with Gasteiger partial charge in [0.1, 0.15) is 5.75 Å². The molecule has 0 N–H and O–H groups in total. The van der Waals surface area contributed by atoms with E-state index in [2.05, 4.69) is 43.0 Å². The highest BCUT2D eigenvalue weighted by molar-refractivity contribution is 5.33. The Morgan fingerprint density at radius 1 is 1.19 bits per heavy atom. The van der Waals surface area contributed by atoms with Gasteiger partial charge in [-0.05, 0) is 43.4 Å². The van der Waals surface area contributed by atoms with Crippen molar-refractivity contribution >= 4 is 0 Å². The largest absolute Gasteiger partial charge is 0.493 e. The van der Waals surface area contributed by atoms with Crippen LogP contribution in [0.5, 0.6) is 5.75 Å². The number of hydrogen-bond acceptors (Lipinski definition) is 3. The van der Waals surface area contributed by atoms with Crippen LogP contribution < -0.4 is 4.74 Å². The average Bonchev–Trinajstić information content (AvgIpc) is 2.49. The fourth-order valence-corrected chi connectivity index (χ4v) is 2.57. The topological polar surface area (TPSA) is 21.7 Å². The van der Waals surface area contributed by atoms with E-state index in [1.807, 2.05) is 0 Å². The Bertz CT molecular complexity index is 400. The maximum absolute atomic E-state index is 5.96. The molecule has 1 aliphatic rings. The van der Waals surface area contributed by atoms with Crippen molar-refractivity contribution in [2.45, 2.75) is 33.1 Å². The van der Waals surface area contributed by atoms with Gasteiger partial charge in [0.25, 0.3) is 0 Å². The second-order valence-electron chi connectivity index (χ2n) is 6.20. The number of rotatable bonds is 8. The molecule has 3 nitrogen and oxygen atoms in total. The van der Waals surface area contributed by atoms with E-state index in [-0.39, 0.29) is 0 Å². The summed E-state index contributed by atoms with van der Waals surface area (Å²) in [4.78, 5) is 2.49. The van der Waals surface area contributed by atoms with Crippen molar-refractivity contribution in [1.82, 2.24) is 4.90 Å². The predicted octanol–water partition coefficient (Wildman–Crippen LogP) is 3.38. The van der Waals surface area contributed by atoms with Crippen LogP contribution in [0.3, 0.4) is 0 Å². The number of para-hydroxylation sites is 1. The lowest BCUT2D eigenvalue weighted by molar-refractivity contribution is 0.0374. The van der Waals surface area contributed by atoms with Gasteiger partial charge in [0, 0.05) is 13.1 Å². The molecule has 0 aliphatic carbocycles. The van der Waals surface area contributed by atoms with Crippen molar-refractivity contribution in [1.29, 1.82) is 0 Å². The zero-order valence-corrected chi connectivity index (χ0v) is 13.5. The van der Waals surface area contributed by atoms with Crippen molar-refractivity contribution in [3.63, 3.8) is 0 Å². The van der Waals surface area contributed by atoms with Crippen LogP contribution in [-0.4, -0.2) is 44.4 Å². The zero-order chi connectivity index (χ0) is 14.9. The first-order valence-electron chi connectivity index (χ1n) is 8.26. The summed E-state index contributed by atoms with van der Waals surface area (Å²) in [5.74, 6) is 1.76. The third-order valence-electron chi connectivity index (χ3n) is 3.95. The van der Waals surface area contributed by atoms with Crippen LogP contribution in [0.25, 0.3) is 0 Å². The number of hydrogen-bond donors (Lipinski definition) is 0. The number of nitrogens with zero attached hydrogens (tertiary/aromatic N) is 1. The van der Waals surface area contributed by atoms with Crippen molar-refractivity contribution in [3.8, 4) is 5.75 Å². The van der Waals surface area contributed by atoms with E-state index < -0.39 is 0 Å². The maximum Gasteiger partial charge on any atom is 0.122 e. The lowest BCUT2D eigenvalue weighted by Gasteiger charge is -2.26. The van der Waals surface area contributed by atoms with E-state index in [1.54, 1.807) is 0 Å². The number of morpholine rings is 1. The van der Waals surface area contributed by atoms with Crippen LogP contribution in [0.2, 0.25) is 0 Å². The minimum Gasteiger partial charge on any atom is -0.493 e. The average molecular weight is 291 g/mol. The van der Waals surface area contributed by atoms with Gasteiger partial charge in [0.05, 0.1) is 19.8 Å². The minimum atomic E-state index is 0.693. The fourth-order valence-electron chi connectivity index (χ4n) is 2.57. The third kappa shape index (κ3) is 6.06. The summed E-state index contributed by atoms with van der Waals surface area (Å²) >= 11 is 0. The van der Waals surface area contributed by atoms with Gasteiger partial charge >= 0.3 is 0 Å². The fraction of sp³-hybridized carbons (Fsp3) is 0.667. The molecule has 21 heavy (non-hydrogen) atoms. The third-order valence-corrected chi connectivity index (χ3v) is 3.95. The van der Waals surface area contributed by atoms with Crippen LogP contribution in [-0.2, 0) is 11.2 Å². The van der Waals surface area contributed by atoms with Gasteiger partial charge in [-0.3, -0.25) is 4.90 Å². The summed E-state index contributed by atoms with van der Waals surface area (Å²) in [7, 11) is 0. The molecule has 0 radical (unpaired) electrons. The molecule has 0 atom stereocenters. The van der Waals surface area contributed by atoms with E-state index in [4.69, 9.17) is 9.47 Å².